The number of carbonyl (C=O) groups is 6. The highest BCUT2D eigenvalue weighted by Crippen LogP contribution is 2.36. The quantitative estimate of drug-likeness (QED) is 0.0127. The van der Waals surface area contributed by atoms with Gasteiger partial charge in [-0.25, -0.2) is 4.79 Å². The summed E-state index contributed by atoms with van der Waals surface area (Å²) in [5, 5.41) is 9.96. The van der Waals surface area contributed by atoms with E-state index >= 15 is 0 Å². The topological polar surface area (TPSA) is 167 Å². The van der Waals surface area contributed by atoms with Crippen molar-refractivity contribution in [1.29, 1.82) is 0 Å². The number of epoxide rings is 1. The van der Waals surface area contributed by atoms with Crippen LogP contribution < -0.4 is 26.5 Å². The van der Waals surface area contributed by atoms with E-state index in [4.69, 9.17) is 14.2 Å². The Bertz CT molecular complexity index is 3420. The van der Waals surface area contributed by atoms with Crippen molar-refractivity contribution in [2.75, 3.05) is 26.4 Å². The molecule has 4 atom stereocenters. The van der Waals surface area contributed by atoms with Crippen molar-refractivity contribution in [3.63, 3.8) is 0 Å². The highest BCUT2D eigenvalue weighted by Gasteiger charge is 2.35. The molecule has 86 heavy (non-hydrogen) atoms. The summed E-state index contributed by atoms with van der Waals surface area (Å²) in [5.41, 5.74) is 4.33. The summed E-state index contributed by atoms with van der Waals surface area (Å²) in [6, 6.07) is 72.2. The van der Waals surface area contributed by atoms with Crippen molar-refractivity contribution in [2.24, 2.45) is 5.41 Å². The Balaban J connectivity index is 0.000000240. The molecule has 8 aromatic carbocycles. The minimum atomic E-state index is -1.02. The van der Waals surface area contributed by atoms with Crippen LogP contribution in [0.3, 0.4) is 0 Å². The Labute approximate surface area is 507 Å². The molecule has 0 saturated carbocycles. The number of esters is 3. The standard InChI is InChI=1S/C41H35N2O2P.C16H20O4.C11H12O3.C5H8O/c1-30-18-14-15-27-35(30)40(44)42-38(31-19-6-2-7-20-31)39(32-21-8-3-9-22-32)43-41(45)36-28-16-17-29-37(36)46(33-23-10-4-11-24-33)34-25-12-5-13-26-34;1-4-16(3,11-14(17)19-5-2)12-20-15(18)13-9-7-6-8-10-13;1-2-14-11(13)8-10(12)9-6-4-3-5-7-9;1-3-5(2)4-6-5/h2-29,38-39H,1H3,(H,42,44)(H,43,45);4,6-10H,1,5,11-12H2,2-3H3;3-7H,2,8H2,1H3;3H,1,4H2,2H3/t38-,39-;16-;;/m11../s1. The van der Waals surface area contributed by atoms with E-state index in [2.05, 4.69) is 58.9 Å². The summed E-state index contributed by atoms with van der Waals surface area (Å²) >= 11 is 0. The molecule has 2 amide bonds. The lowest BCUT2D eigenvalue weighted by atomic mass is 9.88. The van der Waals surface area contributed by atoms with Crippen LogP contribution in [0.1, 0.15) is 111 Å². The van der Waals surface area contributed by atoms with Crippen LogP contribution in [-0.4, -0.2) is 67.5 Å². The first kappa shape index (κ1) is 65.8. The number of amides is 2. The van der Waals surface area contributed by atoms with Gasteiger partial charge in [0.2, 0.25) is 0 Å². The number of benzene rings is 8. The van der Waals surface area contributed by atoms with Gasteiger partial charge in [-0.3, -0.25) is 24.0 Å². The van der Waals surface area contributed by atoms with Crippen LogP contribution in [0.25, 0.3) is 0 Å². The maximum absolute atomic E-state index is 14.5. The predicted octanol–water partition coefficient (Wildman–Crippen LogP) is 13.2. The van der Waals surface area contributed by atoms with Crippen molar-refractivity contribution in [3.05, 3.63) is 295 Å². The third-order valence-corrected chi connectivity index (χ3v) is 16.2. The number of rotatable bonds is 22. The lowest BCUT2D eigenvalue weighted by Crippen LogP contribution is -2.42. The fourth-order valence-corrected chi connectivity index (χ4v) is 11.1. The van der Waals surface area contributed by atoms with Crippen molar-refractivity contribution in [1.82, 2.24) is 10.6 Å². The van der Waals surface area contributed by atoms with Crippen LogP contribution in [0.4, 0.5) is 0 Å². The molecule has 1 saturated heterocycles. The molecule has 8 aromatic rings. The van der Waals surface area contributed by atoms with Crippen molar-refractivity contribution in [3.8, 4) is 0 Å². The van der Waals surface area contributed by atoms with E-state index in [0.29, 0.717) is 35.5 Å². The summed E-state index contributed by atoms with van der Waals surface area (Å²) < 4.78 is 19.8. The van der Waals surface area contributed by atoms with E-state index in [-0.39, 0.29) is 48.6 Å². The lowest BCUT2D eigenvalue weighted by Gasteiger charge is -2.31. The zero-order chi connectivity index (χ0) is 61.7. The van der Waals surface area contributed by atoms with Crippen LogP contribution >= 0.6 is 7.92 Å². The Morgan fingerprint density at radius 2 is 0.965 bits per heavy atom. The number of carbonyl (C=O) groups excluding carboxylic acids is 6. The SMILES string of the molecule is C=CC1(C)CO1.C=C[C@@](C)(COC(=O)c1ccccc1)CC(=O)OCC.CCOC(=O)CC(=O)c1ccccc1.Cc1ccccc1C(=O)N[C@H](c1ccccc1)[C@H](NC(=O)c1ccccc1P(c1ccccc1)c1ccccc1)c1ccccc1. The molecular weight excluding hydrogens is 1100 g/mol. The molecule has 1 fully saturated rings. The molecule has 0 aromatic heterocycles. The molecule has 1 unspecified atom stereocenters. The summed E-state index contributed by atoms with van der Waals surface area (Å²) in [5.74, 6) is -1.81. The zero-order valence-corrected chi connectivity index (χ0v) is 50.3. The van der Waals surface area contributed by atoms with Crippen molar-refractivity contribution in [2.45, 2.75) is 65.1 Å². The van der Waals surface area contributed by atoms with Crippen LogP contribution in [0.2, 0.25) is 0 Å². The molecule has 0 aliphatic carbocycles. The fourth-order valence-electron chi connectivity index (χ4n) is 8.66. The molecule has 0 radical (unpaired) electrons. The van der Waals surface area contributed by atoms with Crippen molar-refractivity contribution < 1.29 is 47.7 Å². The second kappa shape index (κ2) is 33.8. The first-order chi connectivity index (χ1) is 41.6. The number of hydrogen-bond donors (Lipinski definition) is 2. The number of hydrogen-bond acceptors (Lipinski definition) is 10. The van der Waals surface area contributed by atoms with E-state index in [0.717, 1.165) is 39.2 Å². The van der Waals surface area contributed by atoms with E-state index in [9.17, 15) is 28.8 Å². The van der Waals surface area contributed by atoms with Crippen molar-refractivity contribution >= 4 is 59.3 Å². The zero-order valence-electron chi connectivity index (χ0n) is 49.4. The minimum absolute atomic E-state index is 0.0556. The molecule has 13 heteroatoms. The van der Waals surface area contributed by atoms with E-state index < -0.39 is 37.4 Å². The summed E-state index contributed by atoms with van der Waals surface area (Å²) in [6.07, 6.45) is 3.39. The Morgan fingerprint density at radius 1 is 0.558 bits per heavy atom. The third-order valence-electron chi connectivity index (χ3n) is 13.7. The average molecular weight is 1170 g/mol. The van der Waals surface area contributed by atoms with Crippen LogP contribution in [0, 0.1) is 12.3 Å². The molecule has 1 aliphatic heterocycles. The van der Waals surface area contributed by atoms with Crippen LogP contribution in [-0.2, 0) is 28.5 Å². The van der Waals surface area contributed by atoms with Gasteiger partial charge in [0, 0.05) is 22.1 Å². The van der Waals surface area contributed by atoms with E-state index in [1.165, 1.54) is 0 Å². The summed E-state index contributed by atoms with van der Waals surface area (Å²) in [7, 11) is -1.02. The van der Waals surface area contributed by atoms with Gasteiger partial charge in [-0.05, 0) is 92.5 Å². The van der Waals surface area contributed by atoms with Gasteiger partial charge in [0.15, 0.2) is 5.78 Å². The second-order valence-electron chi connectivity index (χ2n) is 20.4. The van der Waals surface area contributed by atoms with Gasteiger partial charge in [0.25, 0.3) is 11.8 Å². The summed E-state index contributed by atoms with van der Waals surface area (Å²) in [4.78, 5) is 74.1. The molecule has 1 heterocycles. The molecule has 1 aliphatic rings. The summed E-state index contributed by atoms with van der Waals surface area (Å²) in [6.45, 7) is 18.1. The maximum Gasteiger partial charge on any atom is 0.338 e. The fraction of sp³-hybridized carbons (Fsp3) is 0.205. The Kier molecular flexibility index (Phi) is 25.9. The number of aryl methyl sites for hydroxylation is 1. The maximum atomic E-state index is 14.5. The molecule has 12 nitrogen and oxygen atoms in total. The normalized spacial score (nSPS) is 14.1. The van der Waals surface area contributed by atoms with Gasteiger partial charge >= 0.3 is 17.9 Å². The number of Topliss-reactive ketones (excluding diaryl/α,β-unsaturated/α-hetero) is 1. The molecule has 442 valence electrons. The second-order valence-corrected chi connectivity index (χ2v) is 22.6. The van der Waals surface area contributed by atoms with Gasteiger partial charge in [-0.2, -0.15) is 0 Å². The van der Waals surface area contributed by atoms with Gasteiger partial charge in [-0.15, -0.1) is 13.2 Å². The predicted molar refractivity (Wildman–Crippen MR) is 342 cm³/mol. The Morgan fingerprint density at radius 3 is 1.41 bits per heavy atom. The number of nitrogens with one attached hydrogen (secondary N) is 2. The number of ketones is 1. The van der Waals surface area contributed by atoms with Gasteiger partial charge in [-0.1, -0.05) is 225 Å². The molecule has 0 spiro atoms. The first-order valence-corrected chi connectivity index (χ1v) is 29.7. The largest absolute Gasteiger partial charge is 0.466 e. The lowest BCUT2D eigenvalue weighted by molar-refractivity contribution is -0.145. The smallest absolute Gasteiger partial charge is 0.338 e. The molecule has 9 rings (SSSR count). The highest BCUT2D eigenvalue weighted by atomic mass is 31.1. The Hall–Kier alpha value is -9.35. The molecule has 2 N–H and O–H groups in total. The monoisotopic (exact) mass is 1170 g/mol. The van der Waals surface area contributed by atoms with Gasteiger partial charge < -0.3 is 29.6 Å². The van der Waals surface area contributed by atoms with Gasteiger partial charge in [0.05, 0.1) is 43.9 Å². The van der Waals surface area contributed by atoms with E-state index in [1.807, 2.05) is 172 Å². The first-order valence-electron chi connectivity index (χ1n) is 28.4. The molecular formula is C73H75N2O10P. The van der Waals surface area contributed by atoms with Crippen LogP contribution in [0.5, 0.6) is 0 Å². The average Bonchev–Trinajstić information content (AvgIpc) is 3.91. The minimum Gasteiger partial charge on any atom is -0.466 e. The van der Waals surface area contributed by atoms with E-state index in [1.54, 1.807) is 75.4 Å². The third kappa shape index (κ3) is 20.5. The number of ether oxygens (including phenoxy) is 4. The van der Waals surface area contributed by atoms with Gasteiger partial charge in [0.1, 0.15) is 18.6 Å². The highest BCUT2D eigenvalue weighted by molar-refractivity contribution is 7.80. The molecule has 0 bridgehead atoms. The van der Waals surface area contributed by atoms with Crippen LogP contribution in [0.15, 0.2) is 256 Å².